The summed E-state index contributed by atoms with van der Waals surface area (Å²) in [4.78, 5) is 45.4. The van der Waals surface area contributed by atoms with Gasteiger partial charge in [-0.1, -0.05) is 11.8 Å². The van der Waals surface area contributed by atoms with Gasteiger partial charge in [0.1, 0.15) is 18.6 Å². The van der Waals surface area contributed by atoms with Crippen molar-refractivity contribution < 1.29 is 34.1 Å². The summed E-state index contributed by atoms with van der Waals surface area (Å²) in [5, 5.41) is 33.8. The Hall–Kier alpha value is -2.86. The van der Waals surface area contributed by atoms with Crippen molar-refractivity contribution in [3.8, 4) is 0 Å². The summed E-state index contributed by atoms with van der Waals surface area (Å²) in [5.41, 5.74) is 5.32. The van der Waals surface area contributed by atoms with Gasteiger partial charge in [0.25, 0.3) is 5.03 Å². The van der Waals surface area contributed by atoms with E-state index in [1.165, 1.54) is 18.3 Å². The first-order valence-electron chi connectivity index (χ1n) is 7.79. The molecule has 12 heteroatoms. The molecular weight excluding hydrogens is 380 g/mol. The molecule has 2 atom stereocenters. The number of hydrogen-bond acceptors (Lipinski definition) is 7. The molecule has 0 aliphatic heterocycles. The number of hydrogen-bond donors (Lipinski definition) is 5. The van der Waals surface area contributed by atoms with Crippen LogP contribution in [0.5, 0.6) is 0 Å². The van der Waals surface area contributed by atoms with Crippen molar-refractivity contribution in [3.63, 3.8) is 0 Å². The Kier molecular flexibility index (Phi) is 9.02. The molecule has 0 aliphatic carbocycles. The number of aliphatic carboxylic acids is 2. The monoisotopic (exact) mass is 400 g/mol. The molecule has 0 saturated heterocycles. The quantitative estimate of drug-likeness (QED) is 0.164. The van der Waals surface area contributed by atoms with Gasteiger partial charge in [-0.15, -0.1) is 0 Å². The largest absolute Gasteiger partial charge is 0.618 e. The normalized spacial score (nSPS) is 12.6. The first kappa shape index (κ1) is 22.2. The number of carboxylic acids is 2. The molecular formula is C15H20N4O7S. The third kappa shape index (κ3) is 8.37. The lowest BCUT2D eigenvalue weighted by atomic mass is 10.1. The zero-order valence-corrected chi connectivity index (χ0v) is 15.0. The van der Waals surface area contributed by atoms with Crippen LogP contribution < -0.4 is 21.1 Å². The number of carbonyl (C=O) groups is 4. The fourth-order valence-corrected chi connectivity index (χ4v) is 2.77. The third-order valence-electron chi connectivity index (χ3n) is 3.25. The van der Waals surface area contributed by atoms with Crippen LogP contribution in [0.25, 0.3) is 0 Å². The van der Waals surface area contributed by atoms with E-state index in [9.17, 15) is 24.4 Å². The highest BCUT2D eigenvalue weighted by Crippen LogP contribution is 2.14. The smallest absolute Gasteiger partial charge is 0.322 e. The predicted molar refractivity (Wildman–Crippen MR) is 93.5 cm³/mol. The van der Waals surface area contributed by atoms with Gasteiger partial charge in [-0.3, -0.25) is 19.2 Å². The third-order valence-corrected chi connectivity index (χ3v) is 4.36. The highest BCUT2D eigenvalue weighted by Gasteiger charge is 2.23. The minimum absolute atomic E-state index is 0.0333. The molecule has 6 N–H and O–H groups in total. The Morgan fingerprint density at radius 2 is 1.96 bits per heavy atom. The lowest BCUT2D eigenvalue weighted by Gasteiger charge is -2.17. The van der Waals surface area contributed by atoms with Gasteiger partial charge < -0.3 is 31.8 Å². The molecule has 1 rings (SSSR count). The summed E-state index contributed by atoms with van der Waals surface area (Å²) in [7, 11) is 0. The fraction of sp³-hybridized carbons (Fsp3) is 0.400. The number of rotatable bonds is 11. The average molecular weight is 400 g/mol. The first-order valence-corrected chi connectivity index (χ1v) is 8.77. The molecule has 1 aromatic rings. The molecule has 0 aromatic carbocycles. The summed E-state index contributed by atoms with van der Waals surface area (Å²) in [6.07, 6.45) is 0.915. The first-order chi connectivity index (χ1) is 12.7. The summed E-state index contributed by atoms with van der Waals surface area (Å²) in [6.45, 7) is -0.632. The molecule has 0 fully saturated rings. The number of thioether (sulfide) groups is 1. The Bertz CT molecular complexity index is 700. The Balaban J connectivity index is 2.70. The van der Waals surface area contributed by atoms with Crippen molar-refractivity contribution in [2.45, 2.75) is 30.0 Å². The van der Waals surface area contributed by atoms with Crippen LogP contribution in [0.1, 0.15) is 12.8 Å². The van der Waals surface area contributed by atoms with Crippen molar-refractivity contribution in [1.82, 2.24) is 10.6 Å². The topological polar surface area (TPSA) is 186 Å². The highest BCUT2D eigenvalue weighted by atomic mass is 32.2. The number of carboxylic acid groups (broad SMARTS) is 2. The van der Waals surface area contributed by atoms with E-state index in [1.54, 1.807) is 6.07 Å². The van der Waals surface area contributed by atoms with E-state index in [1.807, 2.05) is 0 Å². The molecule has 1 heterocycles. The van der Waals surface area contributed by atoms with Crippen molar-refractivity contribution in [2.24, 2.45) is 5.73 Å². The summed E-state index contributed by atoms with van der Waals surface area (Å²) < 4.78 is 0.588. The molecule has 2 amide bonds. The van der Waals surface area contributed by atoms with E-state index in [0.29, 0.717) is 4.73 Å². The number of nitrogens with two attached hydrogens (primary N) is 1. The van der Waals surface area contributed by atoms with Gasteiger partial charge in [-0.05, 0) is 12.5 Å². The van der Waals surface area contributed by atoms with E-state index in [-0.39, 0.29) is 23.6 Å². The average Bonchev–Trinajstić information content (AvgIpc) is 2.62. The molecule has 0 bridgehead atoms. The number of pyridine rings is 1. The molecule has 11 nitrogen and oxygen atoms in total. The van der Waals surface area contributed by atoms with E-state index in [4.69, 9.17) is 15.9 Å². The second-order valence-electron chi connectivity index (χ2n) is 5.39. The van der Waals surface area contributed by atoms with E-state index >= 15 is 0 Å². The maximum Gasteiger partial charge on any atom is 0.322 e. The van der Waals surface area contributed by atoms with E-state index in [2.05, 4.69) is 10.6 Å². The van der Waals surface area contributed by atoms with E-state index < -0.39 is 42.4 Å². The van der Waals surface area contributed by atoms with Gasteiger partial charge >= 0.3 is 11.9 Å². The standard InChI is InChI=1S/C15H20N4O7S/c16-9(15(24)25)4-5-11(20)18-10(14(23)17-7-13(21)22)8-27-12-3-1-2-6-19(12)26/h1-3,6,9-10H,4-5,7-8,16H2,(H,17,23)(H,18,20)(H,21,22)(H,24,25). The van der Waals surface area contributed by atoms with Gasteiger partial charge in [0.2, 0.25) is 11.8 Å². The zero-order chi connectivity index (χ0) is 20.4. The summed E-state index contributed by atoms with van der Waals surface area (Å²) in [6, 6.07) is 2.35. The van der Waals surface area contributed by atoms with Gasteiger partial charge in [-0.2, -0.15) is 4.73 Å². The lowest BCUT2D eigenvalue weighted by Crippen LogP contribution is -2.49. The Morgan fingerprint density at radius 1 is 1.26 bits per heavy atom. The van der Waals surface area contributed by atoms with Gasteiger partial charge in [0, 0.05) is 24.3 Å². The number of carbonyl (C=O) groups excluding carboxylic acids is 2. The van der Waals surface area contributed by atoms with Crippen LogP contribution in [0.4, 0.5) is 0 Å². The molecule has 0 radical (unpaired) electrons. The predicted octanol–water partition coefficient (Wildman–Crippen LogP) is -1.71. The number of nitrogens with one attached hydrogen (secondary N) is 2. The summed E-state index contributed by atoms with van der Waals surface area (Å²) in [5.74, 6) is -3.90. The molecule has 0 saturated carbocycles. The Labute approximate surface area is 158 Å². The minimum Gasteiger partial charge on any atom is -0.618 e. The maximum absolute atomic E-state index is 12.1. The number of aromatic nitrogens is 1. The van der Waals surface area contributed by atoms with Crippen LogP contribution in [0, 0.1) is 5.21 Å². The minimum atomic E-state index is -1.26. The molecule has 27 heavy (non-hydrogen) atoms. The molecule has 0 aliphatic rings. The van der Waals surface area contributed by atoms with Crippen LogP contribution >= 0.6 is 11.8 Å². The Morgan fingerprint density at radius 3 is 2.56 bits per heavy atom. The molecule has 1 aromatic heterocycles. The number of nitrogens with zero attached hydrogens (tertiary/aromatic N) is 1. The van der Waals surface area contributed by atoms with Crippen LogP contribution in [-0.2, 0) is 19.2 Å². The fourth-order valence-electron chi connectivity index (χ4n) is 1.84. The van der Waals surface area contributed by atoms with Crippen LogP contribution in [0.2, 0.25) is 0 Å². The summed E-state index contributed by atoms with van der Waals surface area (Å²) >= 11 is 0.998. The van der Waals surface area contributed by atoms with Gasteiger partial charge in [-0.25, -0.2) is 0 Å². The second kappa shape index (κ2) is 11.0. The number of amides is 2. The lowest BCUT2D eigenvalue weighted by molar-refractivity contribution is -0.645. The molecule has 148 valence electrons. The second-order valence-corrected chi connectivity index (χ2v) is 6.43. The van der Waals surface area contributed by atoms with Crippen molar-refractivity contribution >= 4 is 35.5 Å². The van der Waals surface area contributed by atoms with Gasteiger partial charge in [0.15, 0.2) is 6.20 Å². The molecule has 0 spiro atoms. The maximum atomic E-state index is 12.1. The van der Waals surface area contributed by atoms with Crippen LogP contribution in [-0.4, -0.2) is 58.3 Å². The van der Waals surface area contributed by atoms with E-state index in [0.717, 1.165) is 11.8 Å². The van der Waals surface area contributed by atoms with Gasteiger partial charge in [0.05, 0.1) is 0 Å². The zero-order valence-electron chi connectivity index (χ0n) is 14.2. The van der Waals surface area contributed by atoms with Crippen molar-refractivity contribution in [3.05, 3.63) is 29.6 Å². The van der Waals surface area contributed by atoms with Crippen molar-refractivity contribution in [1.29, 1.82) is 0 Å². The van der Waals surface area contributed by atoms with Crippen molar-refractivity contribution in [2.75, 3.05) is 12.3 Å². The SMILES string of the molecule is NC(CCC(=O)NC(CSc1cccc[n+]1[O-])C(=O)NCC(=O)O)C(=O)O. The van der Waals surface area contributed by atoms with Crippen LogP contribution in [0.15, 0.2) is 29.4 Å². The molecule has 2 unspecified atom stereocenters. The van der Waals surface area contributed by atoms with Crippen LogP contribution in [0.3, 0.4) is 0 Å². The highest BCUT2D eigenvalue weighted by molar-refractivity contribution is 7.99.